The second-order valence-corrected chi connectivity index (χ2v) is 6.77. The van der Waals surface area contributed by atoms with Crippen molar-refractivity contribution < 1.29 is 24.6 Å². The van der Waals surface area contributed by atoms with Crippen molar-refractivity contribution in [3.8, 4) is 11.8 Å². The highest BCUT2D eigenvalue weighted by atomic mass is 127. The van der Waals surface area contributed by atoms with Crippen LogP contribution >= 0.6 is 22.6 Å². The first-order valence-electron chi connectivity index (χ1n) is 7.99. The molecule has 9 heteroatoms. The minimum Gasteiger partial charge on any atom is -0.508 e. The summed E-state index contributed by atoms with van der Waals surface area (Å²) in [5.41, 5.74) is 2.72. The third-order valence-electron chi connectivity index (χ3n) is 3.58. The summed E-state index contributed by atoms with van der Waals surface area (Å²) in [5, 5.41) is 30.0. The molecule has 28 heavy (non-hydrogen) atoms. The number of benzene rings is 2. The lowest BCUT2D eigenvalue weighted by Crippen LogP contribution is -2.18. The molecule has 0 bridgehead atoms. The van der Waals surface area contributed by atoms with Crippen LogP contribution in [0.1, 0.15) is 23.7 Å². The highest BCUT2D eigenvalue weighted by molar-refractivity contribution is 14.1. The number of nitrogens with one attached hydrogen (secondary N) is 2. The smallest absolute Gasteiger partial charge is 0.412 e. The van der Waals surface area contributed by atoms with Gasteiger partial charge >= 0.3 is 6.09 Å². The molecular formula is C19H16IN3O5. The van der Waals surface area contributed by atoms with E-state index in [9.17, 15) is 14.7 Å². The lowest BCUT2D eigenvalue weighted by atomic mass is 10.0. The molecule has 144 valence electrons. The lowest BCUT2D eigenvalue weighted by Gasteiger charge is -2.19. The fourth-order valence-electron chi connectivity index (χ4n) is 2.26. The van der Waals surface area contributed by atoms with Crippen molar-refractivity contribution in [3.63, 3.8) is 0 Å². The number of hydroxylamine groups is 1. The van der Waals surface area contributed by atoms with Gasteiger partial charge in [0.25, 0.3) is 5.91 Å². The van der Waals surface area contributed by atoms with Crippen LogP contribution < -0.4 is 10.8 Å². The Balaban J connectivity index is 2.16. The predicted molar refractivity (Wildman–Crippen MR) is 109 cm³/mol. The van der Waals surface area contributed by atoms with Gasteiger partial charge in [-0.05, 0) is 65.1 Å². The number of rotatable bonds is 6. The van der Waals surface area contributed by atoms with E-state index >= 15 is 0 Å². The van der Waals surface area contributed by atoms with E-state index in [4.69, 9.17) is 15.2 Å². The Morgan fingerprint density at radius 2 is 1.96 bits per heavy atom. The molecule has 0 heterocycles. The highest BCUT2D eigenvalue weighted by Gasteiger charge is 2.20. The molecule has 0 aliphatic heterocycles. The van der Waals surface area contributed by atoms with E-state index in [0.717, 1.165) is 9.65 Å². The number of hydrogen-bond donors (Lipinski definition) is 4. The minimum absolute atomic E-state index is 0.0587. The zero-order valence-corrected chi connectivity index (χ0v) is 16.6. The van der Waals surface area contributed by atoms with Crippen LogP contribution in [0.25, 0.3) is 0 Å². The van der Waals surface area contributed by atoms with Crippen LogP contribution in [0.5, 0.6) is 5.75 Å². The summed E-state index contributed by atoms with van der Waals surface area (Å²) < 4.78 is 6.25. The van der Waals surface area contributed by atoms with E-state index < -0.39 is 18.1 Å². The maximum atomic E-state index is 12.3. The van der Waals surface area contributed by atoms with E-state index in [1.165, 1.54) is 17.6 Å². The number of hydrogen-bond acceptors (Lipinski definition) is 6. The minimum atomic E-state index is -0.879. The number of phenolic OH excluding ortho intramolecular Hbond substituents is 1. The van der Waals surface area contributed by atoms with E-state index in [-0.39, 0.29) is 12.2 Å². The molecule has 0 unspecified atom stereocenters. The zero-order valence-electron chi connectivity index (χ0n) is 14.4. The molecule has 0 saturated carbocycles. The van der Waals surface area contributed by atoms with Crippen LogP contribution in [0.3, 0.4) is 0 Å². The molecule has 0 aliphatic carbocycles. The number of nitrogens with zero attached hydrogens (tertiary/aromatic N) is 1. The van der Waals surface area contributed by atoms with Crippen LogP contribution in [-0.2, 0) is 9.53 Å². The molecule has 0 fully saturated rings. The van der Waals surface area contributed by atoms with Crippen molar-refractivity contribution in [2.75, 3.05) is 5.32 Å². The summed E-state index contributed by atoms with van der Waals surface area (Å²) in [6, 6.07) is 13.0. The van der Waals surface area contributed by atoms with Gasteiger partial charge in [0.15, 0.2) is 0 Å². The van der Waals surface area contributed by atoms with E-state index in [2.05, 4.69) is 27.9 Å². The summed E-state index contributed by atoms with van der Waals surface area (Å²) in [4.78, 5) is 23.4. The molecule has 0 saturated heterocycles. The summed E-state index contributed by atoms with van der Waals surface area (Å²) in [7, 11) is 0. The summed E-state index contributed by atoms with van der Waals surface area (Å²) in [5.74, 6) is -0.788. The van der Waals surface area contributed by atoms with Crippen molar-refractivity contribution in [1.29, 1.82) is 5.26 Å². The van der Waals surface area contributed by atoms with Gasteiger partial charge in [-0.2, -0.15) is 5.26 Å². The van der Waals surface area contributed by atoms with E-state index in [0.29, 0.717) is 16.8 Å². The maximum absolute atomic E-state index is 12.3. The average molecular weight is 493 g/mol. The SMILES string of the molecule is N#Cc1ccc(NC(=O)O[C@@H](C/C=C/C(=O)NO)c2cc(I)ccc2O)cc1. The molecular weight excluding hydrogens is 477 g/mol. The number of anilines is 1. The molecule has 2 aromatic carbocycles. The van der Waals surface area contributed by atoms with Gasteiger partial charge in [0, 0.05) is 27.3 Å². The Hall–Kier alpha value is -3.10. The second kappa shape index (κ2) is 10.3. The molecule has 4 N–H and O–H groups in total. The summed E-state index contributed by atoms with van der Waals surface area (Å²) in [6.45, 7) is 0. The number of halogens is 1. The van der Waals surface area contributed by atoms with Crippen LogP contribution in [0, 0.1) is 14.9 Å². The molecule has 8 nitrogen and oxygen atoms in total. The second-order valence-electron chi connectivity index (χ2n) is 5.53. The van der Waals surface area contributed by atoms with Gasteiger partial charge in [-0.1, -0.05) is 6.08 Å². The molecule has 2 aromatic rings. The number of phenols is 1. The monoisotopic (exact) mass is 493 g/mol. The number of carbonyl (C=O) groups is 2. The fraction of sp³-hybridized carbons (Fsp3) is 0.105. The van der Waals surface area contributed by atoms with Gasteiger partial charge in [-0.3, -0.25) is 15.3 Å². The normalized spacial score (nSPS) is 11.5. The van der Waals surface area contributed by atoms with E-state index in [1.807, 2.05) is 6.07 Å². The third kappa shape index (κ3) is 6.26. The number of aromatic hydroxyl groups is 1. The average Bonchev–Trinajstić information content (AvgIpc) is 2.69. The zero-order chi connectivity index (χ0) is 20.5. The molecule has 0 spiro atoms. The largest absolute Gasteiger partial charge is 0.508 e. The Bertz CT molecular complexity index is 922. The topological polar surface area (TPSA) is 132 Å². The molecule has 2 amide bonds. The molecule has 0 radical (unpaired) electrons. The van der Waals surface area contributed by atoms with Crippen molar-refractivity contribution >= 4 is 40.3 Å². The number of amides is 2. The molecule has 0 aromatic heterocycles. The van der Waals surface area contributed by atoms with Crippen molar-refractivity contribution in [2.24, 2.45) is 0 Å². The van der Waals surface area contributed by atoms with Crippen LogP contribution in [-0.4, -0.2) is 22.3 Å². The van der Waals surface area contributed by atoms with Gasteiger partial charge in [0.2, 0.25) is 0 Å². The lowest BCUT2D eigenvalue weighted by molar-refractivity contribution is -0.124. The fourth-order valence-corrected chi connectivity index (χ4v) is 2.78. The van der Waals surface area contributed by atoms with Crippen LogP contribution in [0.15, 0.2) is 54.6 Å². The first kappa shape index (κ1) is 21.2. The van der Waals surface area contributed by atoms with Crippen LogP contribution in [0.2, 0.25) is 0 Å². The van der Waals surface area contributed by atoms with Gasteiger partial charge in [-0.15, -0.1) is 0 Å². The van der Waals surface area contributed by atoms with Gasteiger partial charge in [0.1, 0.15) is 11.9 Å². The first-order chi connectivity index (χ1) is 13.4. The molecule has 2 rings (SSSR count). The third-order valence-corrected chi connectivity index (χ3v) is 4.25. The van der Waals surface area contributed by atoms with Gasteiger partial charge in [-0.25, -0.2) is 10.3 Å². The summed E-state index contributed by atoms with van der Waals surface area (Å²) in [6.07, 6.45) is 0.926. The quantitative estimate of drug-likeness (QED) is 0.211. The maximum Gasteiger partial charge on any atom is 0.412 e. The van der Waals surface area contributed by atoms with Crippen molar-refractivity contribution in [2.45, 2.75) is 12.5 Å². The summed E-state index contributed by atoms with van der Waals surface area (Å²) >= 11 is 2.06. The predicted octanol–water partition coefficient (Wildman–Crippen LogP) is 3.61. The Morgan fingerprint density at radius 3 is 2.61 bits per heavy atom. The van der Waals surface area contributed by atoms with Crippen molar-refractivity contribution in [3.05, 3.63) is 69.3 Å². The number of carbonyl (C=O) groups excluding carboxylic acids is 2. The Labute approximate surface area is 174 Å². The van der Waals surface area contributed by atoms with Gasteiger partial charge in [0.05, 0.1) is 11.6 Å². The van der Waals surface area contributed by atoms with Crippen molar-refractivity contribution in [1.82, 2.24) is 5.48 Å². The van der Waals surface area contributed by atoms with Crippen LogP contribution in [0.4, 0.5) is 10.5 Å². The number of nitriles is 1. The first-order valence-corrected chi connectivity index (χ1v) is 9.07. The Kier molecular flexibility index (Phi) is 7.79. The Morgan fingerprint density at radius 1 is 1.25 bits per heavy atom. The standard InChI is InChI=1S/C19H16IN3O5/c20-13-6-9-16(24)15(10-13)17(2-1-3-18(25)23-27)28-19(26)22-14-7-4-12(11-21)5-8-14/h1,3-10,17,24,27H,2H2,(H,22,26)(H,23,25)/b3-1+/t17-/m0/s1. The molecule has 0 aliphatic rings. The van der Waals surface area contributed by atoms with Gasteiger partial charge < -0.3 is 9.84 Å². The molecule has 1 atom stereocenters. The highest BCUT2D eigenvalue weighted by Crippen LogP contribution is 2.31. The van der Waals surface area contributed by atoms with E-state index in [1.54, 1.807) is 36.4 Å². The number of ether oxygens (including phenoxy) is 1.